The van der Waals surface area contributed by atoms with Gasteiger partial charge in [0, 0.05) is 10.7 Å². The SMILES string of the molecule is PC1SC=C(C2=CSCc3ccccc32)c2ccccc21. The number of hydrogen-bond donors (Lipinski definition) is 0. The molecule has 0 aromatic heterocycles. The highest BCUT2D eigenvalue weighted by atomic mass is 32.2. The summed E-state index contributed by atoms with van der Waals surface area (Å²) < 4.78 is 0. The fraction of sp³-hybridized carbons (Fsp3) is 0.111. The zero-order chi connectivity index (χ0) is 14.2. The Labute approximate surface area is 136 Å². The zero-order valence-corrected chi connectivity index (χ0v) is 14.2. The molecule has 2 aliphatic rings. The van der Waals surface area contributed by atoms with Crippen molar-refractivity contribution in [2.24, 2.45) is 0 Å². The topological polar surface area (TPSA) is 0 Å². The van der Waals surface area contributed by atoms with Crippen LogP contribution in [0.25, 0.3) is 11.1 Å². The van der Waals surface area contributed by atoms with Crippen LogP contribution in [0.4, 0.5) is 0 Å². The van der Waals surface area contributed by atoms with Crippen LogP contribution >= 0.6 is 32.8 Å². The van der Waals surface area contributed by atoms with Gasteiger partial charge >= 0.3 is 0 Å². The largest absolute Gasteiger partial charge is 0.129 e. The molecule has 0 fully saturated rings. The molecule has 2 aliphatic heterocycles. The smallest absolute Gasteiger partial charge is 0.0485 e. The van der Waals surface area contributed by atoms with Crippen molar-refractivity contribution in [1.82, 2.24) is 0 Å². The van der Waals surface area contributed by atoms with Gasteiger partial charge in [0.1, 0.15) is 0 Å². The molecule has 2 unspecified atom stereocenters. The van der Waals surface area contributed by atoms with Crippen LogP contribution in [0.2, 0.25) is 0 Å². The number of fused-ring (bicyclic) bond motifs is 2. The van der Waals surface area contributed by atoms with E-state index >= 15 is 0 Å². The Bertz CT molecular complexity index is 761. The quantitative estimate of drug-likeness (QED) is 0.595. The number of rotatable bonds is 1. The maximum atomic E-state index is 2.94. The van der Waals surface area contributed by atoms with Crippen molar-refractivity contribution in [3.63, 3.8) is 0 Å². The Balaban J connectivity index is 1.87. The summed E-state index contributed by atoms with van der Waals surface area (Å²) in [4.78, 5) is 0.456. The van der Waals surface area contributed by atoms with Crippen LogP contribution < -0.4 is 0 Å². The first-order chi connectivity index (χ1) is 10.3. The zero-order valence-electron chi connectivity index (χ0n) is 11.5. The first-order valence-electron chi connectivity index (χ1n) is 6.95. The van der Waals surface area contributed by atoms with E-state index in [0.29, 0.717) is 4.99 Å². The van der Waals surface area contributed by atoms with E-state index < -0.39 is 0 Å². The highest BCUT2D eigenvalue weighted by Crippen LogP contribution is 2.50. The fourth-order valence-electron chi connectivity index (χ4n) is 2.87. The van der Waals surface area contributed by atoms with Crippen molar-refractivity contribution >= 4 is 43.9 Å². The minimum atomic E-state index is 0.456. The first-order valence-corrected chi connectivity index (χ1v) is 9.61. The molecule has 0 nitrogen and oxygen atoms in total. The van der Waals surface area contributed by atoms with Crippen molar-refractivity contribution in [3.05, 3.63) is 81.6 Å². The van der Waals surface area contributed by atoms with Crippen LogP contribution in [0.3, 0.4) is 0 Å². The molecule has 0 saturated carbocycles. The van der Waals surface area contributed by atoms with Crippen LogP contribution in [0.1, 0.15) is 27.2 Å². The van der Waals surface area contributed by atoms with Gasteiger partial charge in [-0.3, -0.25) is 0 Å². The maximum absolute atomic E-state index is 2.94. The van der Waals surface area contributed by atoms with E-state index in [9.17, 15) is 0 Å². The Morgan fingerprint density at radius 3 is 2.48 bits per heavy atom. The Hall–Kier alpha value is -0.950. The van der Waals surface area contributed by atoms with Crippen LogP contribution in [0, 0.1) is 0 Å². The van der Waals surface area contributed by atoms with E-state index in [2.05, 4.69) is 68.6 Å². The lowest BCUT2D eigenvalue weighted by Gasteiger charge is -2.26. The van der Waals surface area contributed by atoms with E-state index in [4.69, 9.17) is 0 Å². The molecule has 4 rings (SSSR count). The minimum absolute atomic E-state index is 0.456. The number of thioether (sulfide) groups is 2. The summed E-state index contributed by atoms with van der Waals surface area (Å²) in [5.74, 6) is 1.08. The van der Waals surface area contributed by atoms with E-state index in [1.54, 1.807) is 0 Å². The van der Waals surface area contributed by atoms with Gasteiger partial charge in [-0.1, -0.05) is 48.5 Å². The molecule has 0 radical (unpaired) electrons. The van der Waals surface area contributed by atoms with Crippen LogP contribution in [0.5, 0.6) is 0 Å². The highest BCUT2D eigenvalue weighted by Gasteiger charge is 2.23. The van der Waals surface area contributed by atoms with Gasteiger partial charge < -0.3 is 0 Å². The van der Waals surface area contributed by atoms with Gasteiger partial charge in [-0.05, 0) is 44.2 Å². The predicted molar refractivity (Wildman–Crippen MR) is 100 cm³/mol. The van der Waals surface area contributed by atoms with Gasteiger partial charge in [-0.15, -0.1) is 32.8 Å². The normalized spacial score (nSPS) is 20.1. The average Bonchev–Trinajstić information content (AvgIpc) is 2.55. The number of benzene rings is 2. The van der Waals surface area contributed by atoms with Crippen molar-refractivity contribution in [2.75, 3.05) is 0 Å². The summed E-state index contributed by atoms with van der Waals surface area (Å²) in [7, 11) is 2.94. The summed E-state index contributed by atoms with van der Waals surface area (Å²) in [6.07, 6.45) is 0. The van der Waals surface area contributed by atoms with Gasteiger partial charge in [-0.25, -0.2) is 0 Å². The predicted octanol–water partition coefficient (Wildman–Crippen LogP) is 5.94. The first kappa shape index (κ1) is 13.7. The third-order valence-corrected chi connectivity index (χ3v) is 6.56. The van der Waals surface area contributed by atoms with Gasteiger partial charge in [-0.2, -0.15) is 0 Å². The summed E-state index contributed by atoms with van der Waals surface area (Å²) in [5.41, 5.74) is 8.36. The molecule has 2 aromatic rings. The van der Waals surface area contributed by atoms with Crippen LogP contribution in [0.15, 0.2) is 59.3 Å². The second-order valence-electron chi connectivity index (χ2n) is 5.18. The molecular weight excluding hydrogens is 311 g/mol. The molecule has 0 N–H and O–H groups in total. The van der Waals surface area contributed by atoms with E-state index in [1.807, 2.05) is 23.5 Å². The molecule has 2 heterocycles. The van der Waals surface area contributed by atoms with E-state index in [0.717, 1.165) is 5.75 Å². The fourth-order valence-corrected chi connectivity index (χ4v) is 5.22. The van der Waals surface area contributed by atoms with Crippen molar-refractivity contribution < 1.29 is 0 Å². The third-order valence-electron chi connectivity index (χ3n) is 3.93. The summed E-state index contributed by atoms with van der Waals surface area (Å²) in [6, 6.07) is 17.6. The standard InChI is InChI=1S/C18H15PS2/c19-18-15-8-4-3-7-14(15)17(11-21-18)16-10-20-9-12-5-1-2-6-13(12)16/h1-8,10-11,18H,9,19H2. The van der Waals surface area contributed by atoms with Crippen molar-refractivity contribution in [2.45, 2.75) is 10.7 Å². The van der Waals surface area contributed by atoms with Gasteiger partial charge in [0.05, 0.1) is 0 Å². The van der Waals surface area contributed by atoms with E-state index in [-0.39, 0.29) is 0 Å². The third kappa shape index (κ3) is 2.40. The molecular formula is C18H15PS2. The molecule has 3 heteroatoms. The van der Waals surface area contributed by atoms with Crippen LogP contribution in [-0.2, 0) is 5.75 Å². The van der Waals surface area contributed by atoms with E-state index in [1.165, 1.54) is 33.4 Å². The molecule has 21 heavy (non-hydrogen) atoms. The lowest BCUT2D eigenvalue weighted by molar-refractivity contribution is 1.34. The molecule has 0 amide bonds. The molecule has 0 aliphatic carbocycles. The van der Waals surface area contributed by atoms with Gasteiger partial charge in [0.15, 0.2) is 0 Å². The summed E-state index contributed by atoms with van der Waals surface area (Å²) in [5, 5.41) is 4.66. The molecule has 0 saturated heterocycles. The lowest BCUT2D eigenvalue weighted by Crippen LogP contribution is -2.03. The Kier molecular flexibility index (Phi) is 3.71. The number of hydrogen-bond acceptors (Lipinski definition) is 2. The molecule has 2 aromatic carbocycles. The molecule has 2 atom stereocenters. The van der Waals surface area contributed by atoms with Crippen LogP contribution in [-0.4, -0.2) is 0 Å². The summed E-state index contributed by atoms with van der Waals surface area (Å²) in [6.45, 7) is 0. The monoisotopic (exact) mass is 326 g/mol. The van der Waals surface area contributed by atoms with Crippen molar-refractivity contribution in [1.29, 1.82) is 0 Å². The molecule has 0 spiro atoms. The maximum Gasteiger partial charge on any atom is 0.0485 e. The minimum Gasteiger partial charge on any atom is -0.129 e. The Morgan fingerprint density at radius 2 is 1.57 bits per heavy atom. The molecule has 104 valence electrons. The summed E-state index contributed by atoms with van der Waals surface area (Å²) >= 11 is 3.79. The average molecular weight is 326 g/mol. The Morgan fingerprint density at radius 1 is 0.857 bits per heavy atom. The second-order valence-corrected chi connectivity index (χ2v) is 8.20. The second kappa shape index (κ2) is 5.68. The van der Waals surface area contributed by atoms with Crippen molar-refractivity contribution in [3.8, 4) is 0 Å². The highest BCUT2D eigenvalue weighted by molar-refractivity contribution is 8.05. The van der Waals surface area contributed by atoms with Gasteiger partial charge in [0.2, 0.25) is 0 Å². The molecule has 0 bridgehead atoms. The van der Waals surface area contributed by atoms with Gasteiger partial charge in [0.25, 0.3) is 0 Å². The lowest BCUT2D eigenvalue weighted by atomic mass is 9.90. The number of allylic oxidation sites excluding steroid dienone is 2.